The van der Waals surface area contributed by atoms with E-state index in [9.17, 15) is 4.79 Å². The van der Waals surface area contributed by atoms with Gasteiger partial charge in [0.1, 0.15) is 0 Å². The lowest BCUT2D eigenvalue weighted by molar-refractivity contribution is 0.0733. The molecule has 1 aliphatic rings. The molecule has 1 atom stereocenters. The molecule has 1 amide bonds. The molecule has 0 fully saturated rings. The summed E-state index contributed by atoms with van der Waals surface area (Å²) in [7, 11) is 0. The van der Waals surface area contributed by atoms with Crippen molar-refractivity contribution in [1.82, 2.24) is 4.90 Å². The molecule has 0 aliphatic carbocycles. The molecule has 3 nitrogen and oxygen atoms in total. The van der Waals surface area contributed by atoms with Crippen LogP contribution in [0.3, 0.4) is 0 Å². The monoisotopic (exact) mass is 205 g/mol. The van der Waals surface area contributed by atoms with Gasteiger partial charge in [0.25, 0.3) is 5.91 Å². The smallest absolute Gasteiger partial charge is 0.254 e. The molecule has 80 valence electrons. The van der Waals surface area contributed by atoms with Crippen LogP contribution in [0.4, 0.5) is 0 Å². The molecule has 1 aliphatic heterocycles. The second-order valence-electron chi connectivity index (χ2n) is 4.13. The quantitative estimate of drug-likeness (QED) is 0.807. The lowest BCUT2D eigenvalue weighted by atomic mass is 10.1. The number of hydrogen-bond acceptors (Lipinski definition) is 2. The van der Waals surface area contributed by atoms with Crippen molar-refractivity contribution in [2.75, 3.05) is 13.2 Å². The molecule has 1 heterocycles. The van der Waals surface area contributed by atoms with Crippen LogP contribution >= 0.6 is 0 Å². The van der Waals surface area contributed by atoms with Crippen LogP contribution in [0.15, 0.2) is 24.3 Å². The van der Waals surface area contributed by atoms with Gasteiger partial charge in [-0.2, -0.15) is 0 Å². The van der Waals surface area contributed by atoms with Gasteiger partial charge >= 0.3 is 0 Å². The van der Waals surface area contributed by atoms with Gasteiger partial charge in [-0.15, -0.1) is 0 Å². The van der Waals surface area contributed by atoms with E-state index in [2.05, 4.69) is 0 Å². The Kier molecular flexibility index (Phi) is 2.73. The van der Waals surface area contributed by atoms with E-state index >= 15 is 0 Å². The molecule has 3 heteroatoms. The van der Waals surface area contributed by atoms with Crippen LogP contribution in [0.2, 0.25) is 0 Å². The average Bonchev–Trinajstić information content (AvgIpc) is 2.57. The Hall–Kier alpha value is -1.35. The highest BCUT2D eigenvalue weighted by atomic mass is 16.3. The number of carbonyl (C=O) groups excluding carboxylic acids is 1. The second kappa shape index (κ2) is 4.03. The van der Waals surface area contributed by atoms with Gasteiger partial charge in [0.05, 0.1) is 0 Å². The molecule has 0 radical (unpaired) electrons. The summed E-state index contributed by atoms with van der Waals surface area (Å²) in [4.78, 5) is 13.7. The van der Waals surface area contributed by atoms with E-state index in [0.29, 0.717) is 13.1 Å². The molecule has 1 N–H and O–H groups in total. The molecule has 1 aromatic rings. The Morgan fingerprint density at radius 3 is 2.87 bits per heavy atom. The predicted octanol–water partition coefficient (Wildman–Crippen LogP) is 1.27. The summed E-state index contributed by atoms with van der Waals surface area (Å²) in [5.74, 6) is 0.231. The fourth-order valence-corrected chi connectivity index (χ4v) is 1.90. The summed E-state index contributed by atoms with van der Waals surface area (Å²) in [5, 5.41) is 8.96. The first kappa shape index (κ1) is 10.2. The van der Waals surface area contributed by atoms with E-state index in [1.54, 1.807) is 4.90 Å². The first-order valence-corrected chi connectivity index (χ1v) is 5.20. The number of aliphatic hydroxyl groups excluding tert-OH is 1. The largest absolute Gasteiger partial charge is 0.396 e. The van der Waals surface area contributed by atoms with Crippen LogP contribution in [0, 0.1) is 5.92 Å². The normalized spacial score (nSPS) is 16.7. The molecule has 0 saturated heterocycles. The number of nitrogens with zero attached hydrogens (tertiary/aromatic N) is 1. The number of rotatable bonds is 3. The zero-order chi connectivity index (χ0) is 10.8. The maximum atomic E-state index is 11.9. The lowest BCUT2D eigenvalue weighted by Gasteiger charge is -2.19. The maximum absolute atomic E-state index is 11.9. The molecule has 0 aromatic heterocycles. The summed E-state index contributed by atoms with van der Waals surface area (Å²) in [6.45, 7) is 3.37. The molecule has 0 unspecified atom stereocenters. The topological polar surface area (TPSA) is 40.5 Å². The van der Waals surface area contributed by atoms with Crippen LogP contribution in [0.5, 0.6) is 0 Å². The van der Waals surface area contributed by atoms with Crippen molar-refractivity contribution in [3.8, 4) is 0 Å². The Bertz CT molecular complexity index is 376. The molecule has 0 spiro atoms. The number of benzene rings is 1. The third-order valence-electron chi connectivity index (χ3n) is 2.74. The number of aliphatic hydroxyl groups is 1. The summed E-state index contributed by atoms with van der Waals surface area (Å²) in [6, 6.07) is 7.68. The van der Waals surface area contributed by atoms with Gasteiger partial charge in [-0.1, -0.05) is 25.1 Å². The Morgan fingerprint density at radius 2 is 2.20 bits per heavy atom. The van der Waals surface area contributed by atoms with Crippen molar-refractivity contribution in [3.05, 3.63) is 35.4 Å². The average molecular weight is 205 g/mol. The molecule has 1 aromatic carbocycles. The summed E-state index contributed by atoms with van der Waals surface area (Å²) < 4.78 is 0. The van der Waals surface area contributed by atoms with E-state index in [1.807, 2.05) is 31.2 Å². The van der Waals surface area contributed by atoms with Crippen molar-refractivity contribution in [2.45, 2.75) is 13.5 Å². The van der Waals surface area contributed by atoms with Crippen molar-refractivity contribution < 1.29 is 9.90 Å². The summed E-state index contributed by atoms with van der Waals surface area (Å²) in [5.41, 5.74) is 1.90. The molecule has 15 heavy (non-hydrogen) atoms. The van der Waals surface area contributed by atoms with E-state index in [1.165, 1.54) is 0 Å². The van der Waals surface area contributed by atoms with E-state index in [-0.39, 0.29) is 18.4 Å². The number of carbonyl (C=O) groups is 1. The Morgan fingerprint density at radius 1 is 1.47 bits per heavy atom. The minimum Gasteiger partial charge on any atom is -0.396 e. The van der Waals surface area contributed by atoms with E-state index in [4.69, 9.17) is 5.11 Å². The first-order chi connectivity index (χ1) is 7.22. The summed E-state index contributed by atoms with van der Waals surface area (Å²) >= 11 is 0. The zero-order valence-corrected chi connectivity index (χ0v) is 8.81. The minimum atomic E-state index is 0.0888. The van der Waals surface area contributed by atoms with Crippen LogP contribution in [0.1, 0.15) is 22.8 Å². The minimum absolute atomic E-state index is 0.0888. The number of amides is 1. The van der Waals surface area contributed by atoms with Gasteiger partial charge in [0.15, 0.2) is 0 Å². The third-order valence-corrected chi connectivity index (χ3v) is 2.74. The van der Waals surface area contributed by atoms with Crippen LogP contribution in [-0.2, 0) is 6.54 Å². The van der Waals surface area contributed by atoms with Gasteiger partial charge in [-0.3, -0.25) is 4.79 Å². The van der Waals surface area contributed by atoms with Gasteiger partial charge in [0.2, 0.25) is 0 Å². The van der Waals surface area contributed by atoms with E-state index in [0.717, 1.165) is 11.1 Å². The fraction of sp³-hybridized carbons (Fsp3) is 0.417. The van der Waals surface area contributed by atoms with Gasteiger partial charge in [0, 0.05) is 25.3 Å². The summed E-state index contributed by atoms with van der Waals surface area (Å²) in [6.07, 6.45) is 0. The molecule has 0 bridgehead atoms. The predicted molar refractivity (Wildman–Crippen MR) is 57.4 cm³/mol. The molecular weight excluding hydrogens is 190 g/mol. The first-order valence-electron chi connectivity index (χ1n) is 5.20. The lowest BCUT2D eigenvalue weighted by Crippen LogP contribution is -2.30. The van der Waals surface area contributed by atoms with Gasteiger partial charge in [-0.25, -0.2) is 0 Å². The standard InChI is InChI=1S/C12H15NO2/c1-9(8-14)6-13-7-10-4-2-3-5-11(10)12(13)15/h2-5,9,14H,6-8H2,1H3/t9-/m1/s1. The fourth-order valence-electron chi connectivity index (χ4n) is 1.90. The van der Waals surface area contributed by atoms with Crippen LogP contribution in [-0.4, -0.2) is 29.1 Å². The highest BCUT2D eigenvalue weighted by molar-refractivity contribution is 5.98. The van der Waals surface area contributed by atoms with Crippen molar-refractivity contribution in [2.24, 2.45) is 5.92 Å². The SMILES string of the molecule is C[C@@H](CO)CN1Cc2ccccc2C1=O. The third kappa shape index (κ3) is 1.88. The van der Waals surface area contributed by atoms with Gasteiger partial charge < -0.3 is 10.0 Å². The van der Waals surface area contributed by atoms with Crippen molar-refractivity contribution in [1.29, 1.82) is 0 Å². The van der Waals surface area contributed by atoms with Crippen molar-refractivity contribution >= 4 is 5.91 Å². The van der Waals surface area contributed by atoms with Crippen molar-refractivity contribution in [3.63, 3.8) is 0 Å². The zero-order valence-electron chi connectivity index (χ0n) is 8.81. The molecule has 2 rings (SSSR count). The van der Waals surface area contributed by atoms with Crippen LogP contribution in [0.25, 0.3) is 0 Å². The Labute approximate surface area is 89.3 Å². The molecular formula is C12H15NO2. The second-order valence-corrected chi connectivity index (χ2v) is 4.13. The molecule has 0 saturated carbocycles. The van der Waals surface area contributed by atoms with E-state index < -0.39 is 0 Å². The maximum Gasteiger partial charge on any atom is 0.254 e. The van der Waals surface area contributed by atoms with Crippen LogP contribution < -0.4 is 0 Å². The highest BCUT2D eigenvalue weighted by Gasteiger charge is 2.27. The number of fused-ring (bicyclic) bond motifs is 1. The van der Waals surface area contributed by atoms with Gasteiger partial charge in [-0.05, 0) is 17.5 Å². The highest BCUT2D eigenvalue weighted by Crippen LogP contribution is 2.22. The number of hydrogen-bond donors (Lipinski definition) is 1. The Balaban J connectivity index is 2.13.